The predicted octanol–water partition coefficient (Wildman–Crippen LogP) is 2.03. The van der Waals surface area contributed by atoms with Crippen molar-refractivity contribution in [1.29, 1.82) is 0 Å². The molecule has 0 aliphatic heterocycles. The van der Waals surface area contributed by atoms with Gasteiger partial charge in [-0.2, -0.15) is 0 Å². The number of carbonyl (C=O) groups excluding carboxylic acids is 1. The number of carbonyl (C=O) groups is 1. The van der Waals surface area contributed by atoms with Crippen molar-refractivity contribution < 1.29 is 24.9 Å². The van der Waals surface area contributed by atoms with Crippen LogP contribution in [0, 0.1) is 0 Å². The van der Waals surface area contributed by atoms with E-state index in [9.17, 15) is 4.79 Å². The summed E-state index contributed by atoms with van der Waals surface area (Å²) < 4.78 is 4.45. The number of phenolic OH excluding ortho intramolecular Hbond substituents is 3. The number of hydrogen-bond acceptors (Lipinski definition) is 5. The van der Waals surface area contributed by atoms with Gasteiger partial charge >= 0.3 is 0 Å². The van der Waals surface area contributed by atoms with E-state index in [1.807, 2.05) is 0 Å². The molecule has 2 aromatic carbocycles. The first kappa shape index (κ1) is 13.4. The van der Waals surface area contributed by atoms with Crippen LogP contribution in [0.3, 0.4) is 0 Å². The van der Waals surface area contributed by atoms with Crippen LogP contribution >= 0.6 is 0 Å². The smallest absolute Gasteiger partial charge is 0.298 e. The lowest BCUT2D eigenvalue weighted by atomic mass is 10.3. The Morgan fingerprint density at radius 2 is 1.33 bits per heavy atom. The van der Waals surface area contributed by atoms with E-state index in [2.05, 4.69) is 4.74 Å². The van der Waals surface area contributed by atoms with Gasteiger partial charge in [-0.05, 0) is 24.3 Å². The summed E-state index contributed by atoms with van der Waals surface area (Å²) in [6.07, 6.45) is 0. The topological polar surface area (TPSA) is 87.0 Å². The molecule has 0 heterocycles. The van der Waals surface area contributed by atoms with Gasteiger partial charge in [0.2, 0.25) is 0 Å². The highest BCUT2D eigenvalue weighted by Gasteiger charge is 1.91. The van der Waals surface area contributed by atoms with Gasteiger partial charge in [-0.1, -0.05) is 12.1 Å². The Hall–Kier alpha value is -2.69. The van der Waals surface area contributed by atoms with Gasteiger partial charge < -0.3 is 20.1 Å². The van der Waals surface area contributed by atoms with Crippen molar-refractivity contribution in [3.05, 3.63) is 48.5 Å². The largest absolute Gasteiger partial charge is 0.508 e. The van der Waals surface area contributed by atoms with Crippen molar-refractivity contribution in [3.8, 4) is 23.0 Å². The van der Waals surface area contributed by atoms with Crippen LogP contribution < -0.4 is 4.74 Å². The highest BCUT2D eigenvalue weighted by molar-refractivity contribution is 5.46. The van der Waals surface area contributed by atoms with Gasteiger partial charge in [0.1, 0.15) is 23.0 Å². The van der Waals surface area contributed by atoms with Gasteiger partial charge in [-0.3, -0.25) is 4.79 Å². The summed E-state index contributed by atoms with van der Waals surface area (Å²) in [6.45, 7) is 0.314. The number of benzene rings is 2. The minimum Gasteiger partial charge on any atom is -0.508 e. The van der Waals surface area contributed by atoms with Crippen LogP contribution in [0.15, 0.2) is 48.5 Å². The third kappa shape index (κ3) is 4.89. The molecule has 0 aliphatic rings. The second-order valence-corrected chi connectivity index (χ2v) is 3.23. The first-order chi connectivity index (χ1) is 8.61. The molecule has 0 unspecified atom stereocenters. The molecule has 18 heavy (non-hydrogen) atoms. The van der Waals surface area contributed by atoms with Crippen molar-refractivity contribution in [1.82, 2.24) is 0 Å². The number of phenols is 3. The van der Waals surface area contributed by atoms with Crippen LogP contribution in [-0.4, -0.2) is 21.8 Å². The molecule has 0 aliphatic carbocycles. The molecule has 2 aromatic rings. The molecule has 94 valence electrons. The Bertz CT molecular complexity index is 493. The van der Waals surface area contributed by atoms with Crippen molar-refractivity contribution in [2.75, 3.05) is 0 Å². The molecule has 0 aromatic heterocycles. The second kappa shape index (κ2) is 6.80. The summed E-state index contributed by atoms with van der Waals surface area (Å²) >= 11 is 0. The monoisotopic (exact) mass is 248 g/mol. The maximum absolute atomic E-state index is 9.78. The van der Waals surface area contributed by atoms with Gasteiger partial charge in [0.25, 0.3) is 6.47 Å². The fourth-order valence-electron chi connectivity index (χ4n) is 1.11. The number of hydrogen-bond donors (Lipinski definition) is 3. The first-order valence-corrected chi connectivity index (χ1v) is 4.99. The maximum atomic E-state index is 9.78. The van der Waals surface area contributed by atoms with Gasteiger partial charge in [0.05, 0.1) is 0 Å². The Labute approximate surface area is 104 Å². The average molecular weight is 248 g/mol. The van der Waals surface area contributed by atoms with Crippen molar-refractivity contribution in [2.24, 2.45) is 0 Å². The third-order valence-corrected chi connectivity index (χ3v) is 1.83. The van der Waals surface area contributed by atoms with E-state index in [0.29, 0.717) is 12.2 Å². The lowest BCUT2D eigenvalue weighted by Gasteiger charge is -1.95. The third-order valence-electron chi connectivity index (χ3n) is 1.83. The fourth-order valence-corrected chi connectivity index (χ4v) is 1.11. The lowest BCUT2D eigenvalue weighted by Crippen LogP contribution is -1.86. The van der Waals surface area contributed by atoms with Crippen molar-refractivity contribution in [2.45, 2.75) is 0 Å². The Morgan fingerprint density at radius 3 is 1.72 bits per heavy atom. The standard InChI is InChI=1S/C7H6O3.C6H6O2/c8-5-10-7-3-1-2-6(9)4-7;7-5-2-1-3-6(8)4-5/h1-5,9H;1-4,7-8H. The number of ether oxygens (including phenoxy) is 1. The molecule has 0 bridgehead atoms. The molecule has 0 atom stereocenters. The van der Waals surface area contributed by atoms with Gasteiger partial charge in [-0.15, -0.1) is 0 Å². The summed E-state index contributed by atoms with van der Waals surface area (Å²) in [6, 6.07) is 11.9. The summed E-state index contributed by atoms with van der Waals surface area (Å²) in [7, 11) is 0. The van der Waals surface area contributed by atoms with Crippen molar-refractivity contribution >= 4 is 6.47 Å². The van der Waals surface area contributed by atoms with E-state index >= 15 is 0 Å². The molecule has 0 radical (unpaired) electrons. The van der Waals surface area contributed by atoms with Crippen LogP contribution in [-0.2, 0) is 4.79 Å². The van der Waals surface area contributed by atoms with Crippen LogP contribution in [0.1, 0.15) is 0 Å². The van der Waals surface area contributed by atoms with Crippen molar-refractivity contribution in [3.63, 3.8) is 0 Å². The minimum absolute atomic E-state index is 0.0827. The molecule has 0 amide bonds. The first-order valence-electron chi connectivity index (χ1n) is 4.99. The van der Waals surface area contributed by atoms with Gasteiger partial charge in [0, 0.05) is 12.1 Å². The molecule has 0 saturated heterocycles. The van der Waals surface area contributed by atoms with Gasteiger partial charge in [0.15, 0.2) is 0 Å². The summed E-state index contributed by atoms with van der Waals surface area (Å²) in [4.78, 5) is 9.78. The Kier molecular flexibility index (Phi) is 5.05. The highest BCUT2D eigenvalue weighted by Crippen LogP contribution is 2.16. The predicted molar refractivity (Wildman–Crippen MR) is 64.6 cm³/mol. The molecular weight excluding hydrogens is 236 g/mol. The fraction of sp³-hybridized carbons (Fsp3) is 0. The molecule has 5 heteroatoms. The highest BCUT2D eigenvalue weighted by atomic mass is 16.5. The van der Waals surface area contributed by atoms with E-state index in [-0.39, 0.29) is 17.2 Å². The van der Waals surface area contributed by atoms with E-state index in [4.69, 9.17) is 15.3 Å². The molecule has 3 N–H and O–H groups in total. The zero-order valence-electron chi connectivity index (χ0n) is 9.35. The van der Waals surface area contributed by atoms with Crippen LogP contribution in [0.2, 0.25) is 0 Å². The van der Waals surface area contributed by atoms with Crippen LogP contribution in [0.4, 0.5) is 0 Å². The van der Waals surface area contributed by atoms with E-state index < -0.39 is 0 Å². The normalized spacial score (nSPS) is 8.89. The van der Waals surface area contributed by atoms with Crippen LogP contribution in [0.25, 0.3) is 0 Å². The lowest BCUT2D eigenvalue weighted by molar-refractivity contribution is -0.120. The van der Waals surface area contributed by atoms with E-state index in [1.165, 1.54) is 30.3 Å². The summed E-state index contributed by atoms with van der Waals surface area (Å²) in [5.41, 5.74) is 0. The molecule has 0 saturated carbocycles. The number of aromatic hydroxyl groups is 3. The number of rotatable bonds is 2. The molecule has 0 spiro atoms. The van der Waals surface area contributed by atoms with E-state index in [1.54, 1.807) is 18.2 Å². The molecule has 0 fully saturated rings. The molecule has 2 rings (SSSR count). The zero-order valence-corrected chi connectivity index (χ0v) is 9.35. The minimum atomic E-state index is 0.0827. The summed E-state index contributed by atoms with van der Waals surface area (Å²) in [5, 5.41) is 26.1. The Morgan fingerprint density at radius 1 is 0.833 bits per heavy atom. The zero-order chi connectivity index (χ0) is 13.4. The van der Waals surface area contributed by atoms with Crippen LogP contribution in [0.5, 0.6) is 23.0 Å². The second-order valence-electron chi connectivity index (χ2n) is 3.23. The maximum Gasteiger partial charge on any atom is 0.298 e. The summed E-state index contributed by atoms with van der Waals surface area (Å²) in [5.74, 6) is 0.601. The van der Waals surface area contributed by atoms with E-state index in [0.717, 1.165) is 0 Å². The van der Waals surface area contributed by atoms with Gasteiger partial charge in [-0.25, -0.2) is 0 Å². The molecular formula is C13H12O5. The Balaban J connectivity index is 0.000000184. The SMILES string of the molecule is O=COc1cccc(O)c1.Oc1cccc(O)c1. The molecule has 5 nitrogen and oxygen atoms in total. The average Bonchev–Trinajstić information content (AvgIpc) is 2.30. The quantitative estimate of drug-likeness (QED) is 0.708.